The highest BCUT2D eigenvalue weighted by molar-refractivity contribution is 6.04. The lowest BCUT2D eigenvalue weighted by molar-refractivity contribution is -0.162. The molecule has 3 atom stereocenters. The number of carbonyl (C=O) groups excluding carboxylic acids is 3. The monoisotopic (exact) mass is 437 g/mol. The van der Waals surface area contributed by atoms with Gasteiger partial charge in [0, 0.05) is 0 Å². The highest BCUT2D eigenvalue weighted by atomic mass is 16.5. The van der Waals surface area contributed by atoms with Gasteiger partial charge in [-0.3, -0.25) is 19.3 Å². The van der Waals surface area contributed by atoms with E-state index in [0.717, 1.165) is 0 Å². The van der Waals surface area contributed by atoms with Gasteiger partial charge in [-0.25, -0.2) is 9.59 Å². The molecule has 0 spiro atoms. The number of aliphatic carboxylic acids is 2. The highest BCUT2D eigenvalue weighted by Gasteiger charge is 2.41. The van der Waals surface area contributed by atoms with E-state index in [9.17, 15) is 29.1 Å². The van der Waals surface area contributed by atoms with Crippen LogP contribution in [-0.2, 0) is 30.5 Å². The molecule has 0 aliphatic rings. The maximum absolute atomic E-state index is 13.1. The number of carboxylic acids is 2. The van der Waals surface area contributed by atoms with Crippen LogP contribution in [0.4, 0.5) is 4.79 Å². The number of alkyl carbamates (subject to hydrolysis) is 1. The number of ether oxygens (including phenoxy) is 1. The molecule has 1 rings (SSSR count). The Morgan fingerprint density at radius 2 is 1.61 bits per heavy atom. The van der Waals surface area contributed by atoms with Crippen molar-refractivity contribution in [3.63, 3.8) is 0 Å². The Morgan fingerprint density at radius 3 is 2.06 bits per heavy atom. The summed E-state index contributed by atoms with van der Waals surface area (Å²) in [5.41, 5.74) is 6.24. The van der Waals surface area contributed by atoms with Gasteiger partial charge in [-0.05, 0) is 18.4 Å². The van der Waals surface area contributed by atoms with E-state index < -0.39 is 60.3 Å². The third-order valence-electron chi connectivity index (χ3n) is 4.25. The number of hydrogen-bond acceptors (Lipinski definition) is 7. The van der Waals surface area contributed by atoms with Crippen LogP contribution in [0.2, 0.25) is 0 Å². The van der Waals surface area contributed by atoms with Gasteiger partial charge in [-0.15, -0.1) is 0 Å². The Kier molecular flexibility index (Phi) is 9.61. The third kappa shape index (κ3) is 7.70. The molecule has 0 aliphatic heterocycles. The van der Waals surface area contributed by atoms with Crippen molar-refractivity contribution >= 4 is 29.8 Å². The number of nitrogens with zero attached hydrogens (tertiary/aromatic N) is 1. The summed E-state index contributed by atoms with van der Waals surface area (Å²) in [6.45, 7) is 4.27. The van der Waals surface area contributed by atoms with Crippen LogP contribution in [0, 0.1) is 5.92 Å². The predicted molar refractivity (Wildman–Crippen MR) is 108 cm³/mol. The van der Waals surface area contributed by atoms with Crippen molar-refractivity contribution in [2.45, 2.75) is 51.9 Å². The predicted octanol–water partition coefficient (Wildman–Crippen LogP) is 0.568. The molecule has 1 aromatic carbocycles. The van der Waals surface area contributed by atoms with E-state index in [-0.39, 0.29) is 6.61 Å². The van der Waals surface area contributed by atoms with Gasteiger partial charge >= 0.3 is 18.0 Å². The van der Waals surface area contributed by atoms with Crippen LogP contribution in [0.25, 0.3) is 0 Å². The maximum atomic E-state index is 13.1. The van der Waals surface area contributed by atoms with E-state index in [0.29, 0.717) is 10.5 Å². The number of benzene rings is 1. The summed E-state index contributed by atoms with van der Waals surface area (Å²) in [7, 11) is 0. The number of rotatable bonds is 10. The molecule has 11 nitrogen and oxygen atoms in total. The number of hydrogen-bond donors (Lipinski definition) is 4. The molecule has 0 bridgehead atoms. The number of amides is 3. The van der Waals surface area contributed by atoms with E-state index in [1.54, 1.807) is 44.2 Å². The lowest BCUT2D eigenvalue weighted by Gasteiger charge is -2.32. The molecule has 0 radical (unpaired) electrons. The molecule has 0 heterocycles. The second-order valence-electron chi connectivity index (χ2n) is 7.21. The summed E-state index contributed by atoms with van der Waals surface area (Å²) < 4.78 is 5.08. The van der Waals surface area contributed by atoms with Gasteiger partial charge < -0.3 is 26.0 Å². The number of imide groups is 1. The van der Waals surface area contributed by atoms with Gasteiger partial charge in [0.1, 0.15) is 18.7 Å². The van der Waals surface area contributed by atoms with Crippen LogP contribution in [0.15, 0.2) is 30.3 Å². The quantitative estimate of drug-likeness (QED) is 0.407. The number of nitrogens with one attached hydrogen (secondary N) is 1. The zero-order valence-electron chi connectivity index (χ0n) is 17.5. The molecule has 3 amide bonds. The molecule has 0 aliphatic carbocycles. The Bertz CT molecular complexity index is 810. The van der Waals surface area contributed by atoms with Crippen LogP contribution >= 0.6 is 0 Å². The minimum atomic E-state index is -1.99. The molecule has 5 N–H and O–H groups in total. The van der Waals surface area contributed by atoms with Crippen molar-refractivity contribution in [2.24, 2.45) is 11.7 Å². The molecule has 0 saturated carbocycles. The first-order valence-corrected chi connectivity index (χ1v) is 9.50. The van der Waals surface area contributed by atoms with E-state index in [1.165, 1.54) is 6.92 Å². The summed E-state index contributed by atoms with van der Waals surface area (Å²) >= 11 is 0. The van der Waals surface area contributed by atoms with Gasteiger partial charge in [0.2, 0.25) is 5.91 Å². The van der Waals surface area contributed by atoms with Crippen LogP contribution in [0.1, 0.15) is 32.8 Å². The second-order valence-corrected chi connectivity index (χ2v) is 7.21. The van der Waals surface area contributed by atoms with Crippen molar-refractivity contribution in [3.8, 4) is 0 Å². The summed E-state index contributed by atoms with van der Waals surface area (Å²) in [6, 6.07) is 4.12. The van der Waals surface area contributed by atoms with Gasteiger partial charge in [0.05, 0.1) is 12.5 Å². The Hall–Kier alpha value is -3.47. The zero-order valence-corrected chi connectivity index (χ0v) is 17.5. The van der Waals surface area contributed by atoms with Crippen molar-refractivity contribution < 1.29 is 38.9 Å². The minimum Gasteiger partial charge on any atom is -0.481 e. The van der Waals surface area contributed by atoms with Gasteiger partial charge in [0.25, 0.3) is 5.91 Å². The molecule has 11 heteroatoms. The maximum Gasteiger partial charge on any atom is 0.408 e. The Balaban J connectivity index is 3.10. The van der Waals surface area contributed by atoms with Crippen LogP contribution in [0.5, 0.6) is 0 Å². The van der Waals surface area contributed by atoms with Crippen LogP contribution in [-0.4, -0.2) is 63.1 Å². The van der Waals surface area contributed by atoms with Crippen molar-refractivity contribution in [1.29, 1.82) is 0 Å². The van der Waals surface area contributed by atoms with Gasteiger partial charge in [0.15, 0.2) is 0 Å². The second kappa shape index (κ2) is 11.6. The Morgan fingerprint density at radius 1 is 1.03 bits per heavy atom. The molecular weight excluding hydrogens is 410 g/mol. The van der Waals surface area contributed by atoms with E-state index in [4.69, 9.17) is 15.6 Å². The molecule has 0 fully saturated rings. The molecule has 3 unspecified atom stereocenters. The average molecular weight is 437 g/mol. The first kappa shape index (κ1) is 25.6. The standard InChI is InChI=1S/C20H27N3O8/c1-11(2)16(22-20(30)31-10-13-7-5-4-6-8-13)18(27)23(17(26)12(3)21)14(19(28)29)9-15(24)25/h4-8,11-12,14,16H,9-10,21H2,1-3H3,(H,22,30)(H,24,25)(H,28,29). The summed E-state index contributed by atoms with van der Waals surface area (Å²) in [5.74, 6) is -5.98. The van der Waals surface area contributed by atoms with Gasteiger partial charge in [-0.1, -0.05) is 44.2 Å². The largest absolute Gasteiger partial charge is 0.481 e. The van der Waals surface area contributed by atoms with Crippen LogP contribution in [0.3, 0.4) is 0 Å². The topological polar surface area (TPSA) is 176 Å². The smallest absolute Gasteiger partial charge is 0.408 e. The molecule has 170 valence electrons. The summed E-state index contributed by atoms with van der Waals surface area (Å²) in [6.07, 6.45) is -1.99. The highest BCUT2D eigenvalue weighted by Crippen LogP contribution is 2.15. The normalized spacial score (nSPS) is 13.6. The molecule has 0 aromatic heterocycles. The minimum absolute atomic E-state index is 0.0784. The SMILES string of the molecule is CC(N)C(=O)N(C(=O)C(NC(=O)OCc1ccccc1)C(C)C)C(CC(=O)O)C(=O)O. The van der Waals surface area contributed by atoms with Crippen molar-refractivity contribution in [3.05, 3.63) is 35.9 Å². The summed E-state index contributed by atoms with van der Waals surface area (Å²) in [5, 5.41) is 20.8. The van der Waals surface area contributed by atoms with E-state index in [2.05, 4.69) is 5.32 Å². The average Bonchev–Trinajstić information content (AvgIpc) is 2.69. The lowest BCUT2D eigenvalue weighted by atomic mass is 10.0. The number of nitrogens with two attached hydrogens (primary N) is 1. The fourth-order valence-corrected chi connectivity index (χ4v) is 2.64. The lowest BCUT2D eigenvalue weighted by Crippen LogP contribution is -2.60. The van der Waals surface area contributed by atoms with E-state index >= 15 is 0 Å². The Labute approximate surface area is 179 Å². The van der Waals surface area contributed by atoms with Gasteiger partial charge in [-0.2, -0.15) is 0 Å². The first-order valence-electron chi connectivity index (χ1n) is 9.50. The fraction of sp³-hybridized carbons (Fsp3) is 0.450. The molecule has 31 heavy (non-hydrogen) atoms. The molecular formula is C20H27N3O8. The van der Waals surface area contributed by atoms with Crippen molar-refractivity contribution in [2.75, 3.05) is 0 Å². The van der Waals surface area contributed by atoms with Crippen molar-refractivity contribution in [1.82, 2.24) is 10.2 Å². The zero-order chi connectivity index (χ0) is 23.7. The molecule has 1 aromatic rings. The van der Waals surface area contributed by atoms with E-state index in [1.807, 2.05) is 0 Å². The fourth-order valence-electron chi connectivity index (χ4n) is 2.64. The van der Waals surface area contributed by atoms with Crippen LogP contribution < -0.4 is 11.1 Å². The molecule has 0 saturated heterocycles. The first-order chi connectivity index (χ1) is 14.5. The third-order valence-corrected chi connectivity index (χ3v) is 4.25. The summed E-state index contributed by atoms with van der Waals surface area (Å²) in [4.78, 5) is 60.8. The number of carbonyl (C=O) groups is 5. The number of carboxylic acid groups (broad SMARTS) is 2.